The number of aliphatic hydroxyl groups is 1. The van der Waals surface area contributed by atoms with Gasteiger partial charge >= 0.3 is 0 Å². The molecule has 0 bridgehead atoms. The lowest BCUT2D eigenvalue weighted by atomic mass is 9.85. The van der Waals surface area contributed by atoms with E-state index in [0.717, 1.165) is 5.69 Å². The number of pyridine rings is 1. The van der Waals surface area contributed by atoms with Crippen molar-refractivity contribution in [3.63, 3.8) is 0 Å². The zero-order chi connectivity index (χ0) is 17.0. The molecule has 4 nitrogen and oxygen atoms in total. The summed E-state index contributed by atoms with van der Waals surface area (Å²) in [6.07, 6.45) is 1.62. The van der Waals surface area contributed by atoms with Crippen molar-refractivity contribution in [1.29, 1.82) is 0 Å². The molecule has 0 aliphatic carbocycles. The molecule has 3 aromatic rings. The van der Waals surface area contributed by atoms with Gasteiger partial charge in [-0.3, -0.25) is 9.78 Å². The maximum atomic E-state index is 13.0. The van der Waals surface area contributed by atoms with E-state index in [-0.39, 0.29) is 0 Å². The van der Waals surface area contributed by atoms with Crippen LogP contribution in [-0.2, 0) is 10.4 Å². The Morgan fingerprint density at radius 2 is 1.50 bits per heavy atom. The SMILES string of the molecule is Cc1cc(NC(=O)C(O)(c2ccccc2)c2ccccc2)ccn1. The summed E-state index contributed by atoms with van der Waals surface area (Å²) in [5.41, 5.74) is 0.632. The zero-order valence-corrected chi connectivity index (χ0v) is 13.3. The number of aryl methyl sites for hydroxylation is 1. The molecule has 0 unspecified atom stereocenters. The van der Waals surface area contributed by atoms with E-state index in [1.807, 2.05) is 19.1 Å². The summed E-state index contributed by atoms with van der Waals surface area (Å²) in [5.74, 6) is -0.509. The van der Waals surface area contributed by atoms with Gasteiger partial charge in [-0.05, 0) is 30.2 Å². The lowest BCUT2D eigenvalue weighted by Crippen LogP contribution is -2.41. The van der Waals surface area contributed by atoms with Gasteiger partial charge in [0.15, 0.2) is 5.60 Å². The average Bonchev–Trinajstić information content (AvgIpc) is 2.62. The fourth-order valence-electron chi connectivity index (χ4n) is 2.63. The largest absolute Gasteiger partial charge is 0.372 e. The van der Waals surface area contributed by atoms with E-state index in [9.17, 15) is 9.90 Å². The predicted molar refractivity (Wildman–Crippen MR) is 93.5 cm³/mol. The molecular weight excluding hydrogens is 300 g/mol. The van der Waals surface area contributed by atoms with Crippen LogP contribution < -0.4 is 5.32 Å². The molecule has 0 saturated carbocycles. The molecule has 24 heavy (non-hydrogen) atoms. The van der Waals surface area contributed by atoms with Crippen molar-refractivity contribution in [2.45, 2.75) is 12.5 Å². The molecule has 2 aromatic carbocycles. The summed E-state index contributed by atoms with van der Waals surface area (Å²) < 4.78 is 0. The fourth-order valence-corrected chi connectivity index (χ4v) is 2.63. The second-order valence-electron chi connectivity index (χ2n) is 5.58. The van der Waals surface area contributed by atoms with Crippen LogP contribution in [0.1, 0.15) is 16.8 Å². The number of benzene rings is 2. The Morgan fingerprint density at radius 1 is 0.958 bits per heavy atom. The molecule has 1 amide bonds. The number of aromatic nitrogens is 1. The Balaban J connectivity index is 2.03. The summed E-state index contributed by atoms with van der Waals surface area (Å²) in [5, 5.41) is 14.1. The van der Waals surface area contributed by atoms with E-state index in [4.69, 9.17) is 0 Å². The molecule has 0 spiro atoms. The Kier molecular flexibility index (Phi) is 4.40. The number of carbonyl (C=O) groups excluding carboxylic acids is 1. The van der Waals surface area contributed by atoms with Gasteiger partial charge in [0.2, 0.25) is 0 Å². The van der Waals surface area contributed by atoms with Gasteiger partial charge in [-0.2, -0.15) is 0 Å². The third-order valence-corrected chi connectivity index (χ3v) is 3.87. The normalized spacial score (nSPS) is 11.1. The first-order valence-corrected chi connectivity index (χ1v) is 7.68. The van der Waals surface area contributed by atoms with E-state index in [1.165, 1.54) is 0 Å². The molecule has 120 valence electrons. The summed E-state index contributed by atoms with van der Waals surface area (Å²) in [7, 11) is 0. The number of anilines is 1. The second kappa shape index (κ2) is 6.64. The van der Waals surface area contributed by atoms with Crippen LogP contribution >= 0.6 is 0 Å². The van der Waals surface area contributed by atoms with Gasteiger partial charge in [0.05, 0.1) is 0 Å². The van der Waals surface area contributed by atoms with Crippen molar-refractivity contribution in [2.24, 2.45) is 0 Å². The molecule has 0 atom stereocenters. The van der Waals surface area contributed by atoms with Gasteiger partial charge < -0.3 is 10.4 Å². The van der Waals surface area contributed by atoms with Gasteiger partial charge in [0.25, 0.3) is 5.91 Å². The van der Waals surface area contributed by atoms with E-state index in [2.05, 4.69) is 10.3 Å². The van der Waals surface area contributed by atoms with Crippen LogP contribution in [0.25, 0.3) is 0 Å². The minimum Gasteiger partial charge on any atom is -0.372 e. The zero-order valence-electron chi connectivity index (χ0n) is 13.3. The van der Waals surface area contributed by atoms with Crippen LogP contribution in [0.5, 0.6) is 0 Å². The molecule has 3 rings (SSSR count). The molecule has 0 saturated heterocycles. The number of hydrogen-bond acceptors (Lipinski definition) is 3. The number of rotatable bonds is 4. The highest BCUT2D eigenvalue weighted by atomic mass is 16.3. The van der Waals surface area contributed by atoms with E-state index in [1.54, 1.807) is 66.9 Å². The molecule has 2 N–H and O–H groups in total. The lowest BCUT2D eigenvalue weighted by Gasteiger charge is -2.28. The second-order valence-corrected chi connectivity index (χ2v) is 5.58. The van der Waals surface area contributed by atoms with E-state index < -0.39 is 11.5 Å². The maximum absolute atomic E-state index is 13.0. The first kappa shape index (κ1) is 15.9. The highest BCUT2D eigenvalue weighted by molar-refractivity contribution is 6.00. The Hall–Kier alpha value is -2.98. The van der Waals surface area contributed by atoms with Crippen molar-refractivity contribution in [3.05, 3.63) is 95.8 Å². The van der Waals surface area contributed by atoms with E-state index in [0.29, 0.717) is 16.8 Å². The quantitative estimate of drug-likeness (QED) is 0.776. The topological polar surface area (TPSA) is 62.2 Å². The molecule has 4 heteroatoms. The molecule has 0 aliphatic rings. The van der Waals surface area contributed by atoms with Crippen molar-refractivity contribution in [1.82, 2.24) is 4.98 Å². The van der Waals surface area contributed by atoms with Gasteiger partial charge in [-0.1, -0.05) is 60.7 Å². The Bertz CT molecular complexity index is 793. The Morgan fingerprint density at radius 3 is 2.00 bits per heavy atom. The number of carbonyl (C=O) groups is 1. The van der Waals surface area contributed by atoms with Crippen LogP contribution in [0.15, 0.2) is 79.0 Å². The highest BCUT2D eigenvalue weighted by Gasteiger charge is 2.39. The standard InChI is InChI=1S/C20H18N2O2/c1-15-14-18(12-13-21-15)22-19(23)20(24,16-8-4-2-5-9-16)17-10-6-3-7-11-17/h2-14,24H,1H3,(H,21,22,23). The summed E-state index contributed by atoms with van der Waals surface area (Å²) >= 11 is 0. The molecule has 0 fully saturated rings. The first-order chi connectivity index (χ1) is 11.6. The molecule has 0 radical (unpaired) electrons. The van der Waals surface area contributed by atoms with Crippen LogP contribution in [0.3, 0.4) is 0 Å². The molecule has 0 aliphatic heterocycles. The Labute approximate surface area is 140 Å². The van der Waals surface area contributed by atoms with Crippen LogP contribution in [-0.4, -0.2) is 16.0 Å². The van der Waals surface area contributed by atoms with Crippen molar-refractivity contribution in [2.75, 3.05) is 5.32 Å². The average molecular weight is 318 g/mol. The first-order valence-electron chi connectivity index (χ1n) is 7.68. The third-order valence-electron chi connectivity index (χ3n) is 3.87. The van der Waals surface area contributed by atoms with E-state index >= 15 is 0 Å². The van der Waals surface area contributed by atoms with Crippen LogP contribution in [0.4, 0.5) is 5.69 Å². The third kappa shape index (κ3) is 3.05. The summed E-state index contributed by atoms with van der Waals surface area (Å²) in [6.45, 7) is 1.84. The molecule has 1 aromatic heterocycles. The monoisotopic (exact) mass is 318 g/mol. The maximum Gasteiger partial charge on any atom is 0.265 e. The summed E-state index contributed by atoms with van der Waals surface area (Å²) in [6, 6.07) is 21.3. The minimum absolute atomic E-state index is 0.509. The predicted octanol–water partition coefficient (Wildman–Crippen LogP) is 3.26. The summed E-state index contributed by atoms with van der Waals surface area (Å²) in [4.78, 5) is 17.1. The van der Waals surface area contributed by atoms with Gasteiger partial charge in [-0.25, -0.2) is 0 Å². The lowest BCUT2D eigenvalue weighted by molar-refractivity contribution is -0.131. The van der Waals surface area contributed by atoms with Crippen molar-refractivity contribution in [3.8, 4) is 0 Å². The van der Waals surface area contributed by atoms with Gasteiger partial charge in [0.1, 0.15) is 0 Å². The minimum atomic E-state index is -1.78. The van der Waals surface area contributed by atoms with Crippen LogP contribution in [0.2, 0.25) is 0 Å². The van der Waals surface area contributed by atoms with Gasteiger partial charge in [-0.15, -0.1) is 0 Å². The number of nitrogens with zero attached hydrogens (tertiary/aromatic N) is 1. The fraction of sp³-hybridized carbons (Fsp3) is 0.100. The number of hydrogen-bond donors (Lipinski definition) is 2. The molecule has 1 heterocycles. The smallest absolute Gasteiger partial charge is 0.265 e. The van der Waals surface area contributed by atoms with Crippen molar-refractivity contribution < 1.29 is 9.90 Å². The number of amides is 1. The highest BCUT2D eigenvalue weighted by Crippen LogP contribution is 2.31. The van der Waals surface area contributed by atoms with Crippen molar-refractivity contribution >= 4 is 11.6 Å². The van der Waals surface area contributed by atoms with Gasteiger partial charge in [0, 0.05) is 17.6 Å². The molecular formula is C20H18N2O2. The van der Waals surface area contributed by atoms with Crippen LogP contribution in [0, 0.1) is 6.92 Å². The number of nitrogens with one attached hydrogen (secondary N) is 1.